The van der Waals surface area contributed by atoms with E-state index < -0.39 is 0 Å². The lowest BCUT2D eigenvalue weighted by molar-refractivity contribution is -0.152. The van der Waals surface area contributed by atoms with Gasteiger partial charge in [-0.1, -0.05) is 32.4 Å². The van der Waals surface area contributed by atoms with Gasteiger partial charge in [-0.15, -0.1) is 0 Å². The van der Waals surface area contributed by atoms with Crippen LogP contribution < -0.4 is 0 Å². The zero-order valence-electron chi connectivity index (χ0n) is 21.4. The van der Waals surface area contributed by atoms with Gasteiger partial charge in [0.05, 0.1) is 5.69 Å². The van der Waals surface area contributed by atoms with Gasteiger partial charge in [0.15, 0.2) is 17.2 Å². The molecule has 37 heavy (non-hydrogen) atoms. The van der Waals surface area contributed by atoms with Gasteiger partial charge in [0.2, 0.25) is 17.7 Å². The summed E-state index contributed by atoms with van der Waals surface area (Å²) < 4.78 is 22.4. The molecule has 0 amide bonds. The number of oxazole rings is 3. The first-order valence-corrected chi connectivity index (χ1v) is 12.9. The highest BCUT2D eigenvalue weighted by atomic mass is 16.5. The minimum atomic E-state index is -0.185. The molecule has 1 aliphatic rings. The van der Waals surface area contributed by atoms with Crippen LogP contribution in [0.5, 0.6) is 0 Å². The van der Waals surface area contributed by atoms with Crippen molar-refractivity contribution >= 4 is 17.8 Å². The second kappa shape index (κ2) is 13.0. The highest BCUT2D eigenvalue weighted by Gasteiger charge is 2.20. The zero-order chi connectivity index (χ0) is 26.0. The molecule has 2 atom stereocenters. The molecular weight excluding hydrogens is 474 g/mol. The number of ketones is 1. The van der Waals surface area contributed by atoms with Gasteiger partial charge < -0.3 is 18.0 Å². The van der Waals surface area contributed by atoms with E-state index in [9.17, 15) is 9.59 Å². The summed E-state index contributed by atoms with van der Waals surface area (Å²) >= 11 is 0. The first kappa shape index (κ1) is 26.3. The quantitative estimate of drug-likeness (QED) is 0.364. The number of aromatic nitrogens is 3. The summed E-state index contributed by atoms with van der Waals surface area (Å²) in [6.07, 6.45) is 17.4. The molecule has 3 aromatic heterocycles. The van der Waals surface area contributed by atoms with Crippen molar-refractivity contribution < 1.29 is 27.6 Å². The van der Waals surface area contributed by atoms with Crippen molar-refractivity contribution in [3.8, 4) is 23.2 Å². The third kappa shape index (κ3) is 7.62. The fraction of sp³-hybridized carbons (Fsp3) is 0.464. The molecule has 0 fully saturated rings. The van der Waals surface area contributed by atoms with E-state index in [2.05, 4.69) is 28.8 Å². The molecule has 0 N–H and O–H groups in total. The maximum Gasteiger partial charge on any atom is 0.306 e. The fourth-order valence-corrected chi connectivity index (χ4v) is 4.11. The van der Waals surface area contributed by atoms with Crippen LogP contribution in [0.1, 0.15) is 76.8 Å². The number of nitrogens with zero attached hydrogens (tertiary/aromatic N) is 3. The van der Waals surface area contributed by atoms with Gasteiger partial charge in [-0.25, -0.2) is 15.0 Å². The number of carbonyl (C=O) groups excluding carboxylic acids is 2. The maximum atomic E-state index is 12.4. The Morgan fingerprint density at radius 3 is 2.49 bits per heavy atom. The van der Waals surface area contributed by atoms with Gasteiger partial charge >= 0.3 is 5.97 Å². The van der Waals surface area contributed by atoms with Crippen molar-refractivity contribution in [2.24, 2.45) is 5.92 Å². The SMILES string of the molecule is CCCC1OC(=O)CCC/C=C/C(=O)CCc2coc(n2)-c2coc(n2)-c2coc(n2)/C=C/CCC1C. The number of hydrogen-bond donors (Lipinski definition) is 0. The lowest BCUT2D eigenvalue weighted by Crippen LogP contribution is -2.25. The second-order valence-electron chi connectivity index (χ2n) is 9.29. The van der Waals surface area contributed by atoms with E-state index in [1.54, 1.807) is 6.08 Å². The van der Waals surface area contributed by atoms with Crippen LogP contribution in [0.25, 0.3) is 29.2 Å². The van der Waals surface area contributed by atoms with Crippen LogP contribution in [0.2, 0.25) is 0 Å². The number of fused-ring (bicyclic) bond motifs is 8. The van der Waals surface area contributed by atoms with Crippen LogP contribution >= 0.6 is 0 Å². The molecule has 0 saturated heterocycles. The Labute approximate surface area is 216 Å². The largest absolute Gasteiger partial charge is 0.462 e. The van der Waals surface area contributed by atoms with Crippen molar-refractivity contribution in [3.05, 3.63) is 48.6 Å². The monoisotopic (exact) mass is 507 g/mol. The highest BCUT2D eigenvalue weighted by molar-refractivity contribution is 5.89. The lowest BCUT2D eigenvalue weighted by Gasteiger charge is -2.23. The number of esters is 1. The Balaban J connectivity index is 1.48. The summed E-state index contributed by atoms with van der Waals surface area (Å²) in [5.74, 6) is 1.08. The van der Waals surface area contributed by atoms with Crippen molar-refractivity contribution in [1.29, 1.82) is 0 Å². The van der Waals surface area contributed by atoms with Crippen molar-refractivity contribution in [2.45, 2.75) is 77.7 Å². The predicted octanol–water partition coefficient (Wildman–Crippen LogP) is 6.37. The third-order valence-corrected chi connectivity index (χ3v) is 6.24. The first-order valence-electron chi connectivity index (χ1n) is 12.9. The van der Waals surface area contributed by atoms with E-state index >= 15 is 0 Å². The summed E-state index contributed by atoms with van der Waals surface area (Å²) in [4.78, 5) is 37.9. The molecule has 3 aromatic rings. The predicted molar refractivity (Wildman–Crippen MR) is 136 cm³/mol. The number of ether oxygens (including phenoxy) is 1. The molecule has 6 bridgehead atoms. The normalized spacial score (nSPS) is 22.0. The summed E-state index contributed by atoms with van der Waals surface area (Å²) in [5.41, 5.74) is 1.55. The van der Waals surface area contributed by atoms with Crippen LogP contribution in [-0.4, -0.2) is 32.8 Å². The van der Waals surface area contributed by atoms with Gasteiger partial charge in [-0.3, -0.25) is 9.59 Å². The molecule has 0 saturated carbocycles. The summed E-state index contributed by atoms with van der Waals surface area (Å²) in [6, 6.07) is 0. The van der Waals surface area contributed by atoms with Crippen LogP contribution in [0.3, 0.4) is 0 Å². The Kier molecular flexibility index (Phi) is 9.24. The molecule has 9 heteroatoms. The average molecular weight is 508 g/mol. The van der Waals surface area contributed by atoms with Crippen molar-refractivity contribution in [2.75, 3.05) is 0 Å². The number of rotatable bonds is 2. The van der Waals surface area contributed by atoms with E-state index in [4.69, 9.17) is 18.0 Å². The van der Waals surface area contributed by atoms with E-state index in [0.717, 1.165) is 25.7 Å². The minimum absolute atomic E-state index is 0.00588. The molecule has 2 unspecified atom stereocenters. The minimum Gasteiger partial charge on any atom is -0.462 e. The van der Waals surface area contributed by atoms with Crippen LogP contribution in [-0.2, 0) is 20.7 Å². The molecule has 0 spiro atoms. The third-order valence-electron chi connectivity index (χ3n) is 6.24. The van der Waals surface area contributed by atoms with Gasteiger partial charge in [0.25, 0.3) is 0 Å². The van der Waals surface area contributed by atoms with Gasteiger partial charge in [-0.05, 0) is 50.2 Å². The zero-order valence-corrected chi connectivity index (χ0v) is 21.4. The Morgan fingerprint density at radius 2 is 1.62 bits per heavy atom. The van der Waals surface area contributed by atoms with Gasteiger partial charge in [0, 0.05) is 19.3 Å². The molecule has 196 valence electrons. The van der Waals surface area contributed by atoms with Crippen LogP contribution in [0.15, 0.2) is 50.3 Å². The number of hydrogen-bond acceptors (Lipinski definition) is 9. The Morgan fingerprint density at radius 1 is 0.865 bits per heavy atom. The van der Waals surface area contributed by atoms with Crippen molar-refractivity contribution in [3.63, 3.8) is 0 Å². The molecule has 0 aliphatic carbocycles. The number of carbonyl (C=O) groups is 2. The number of aryl methyl sites for hydroxylation is 1. The molecule has 0 aromatic carbocycles. The molecular formula is C28H33N3O6. The Bertz CT molecular complexity index is 1230. The van der Waals surface area contributed by atoms with Crippen molar-refractivity contribution in [1.82, 2.24) is 15.0 Å². The first-order chi connectivity index (χ1) is 18.0. The highest BCUT2D eigenvalue weighted by Crippen LogP contribution is 2.25. The molecule has 4 rings (SSSR count). The molecule has 1 aliphatic heterocycles. The average Bonchev–Trinajstić information content (AvgIpc) is 3.64. The van der Waals surface area contributed by atoms with Crippen LogP contribution in [0.4, 0.5) is 0 Å². The molecule has 9 nitrogen and oxygen atoms in total. The fourth-order valence-electron chi connectivity index (χ4n) is 4.11. The van der Waals surface area contributed by atoms with Crippen LogP contribution in [0, 0.1) is 5.92 Å². The smallest absolute Gasteiger partial charge is 0.306 e. The Hall–Kier alpha value is -3.75. The maximum absolute atomic E-state index is 12.4. The topological polar surface area (TPSA) is 121 Å². The number of cyclic esters (lactones) is 1. The standard InChI is InChI=1S/C28H33N3O6/c1-3-9-24-19(2)10-7-8-12-25-30-22(17-34-25)28-31-23(18-36-28)27-29-20(16-35-27)14-15-21(32)11-5-4-6-13-26(33)37-24/h5,8,11-12,16-19,24H,3-4,6-7,9-10,13-15H2,1-2H3/b11-5+,12-8+. The number of allylic oxidation sites excluding steroid dienone is 3. The van der Waals surface area contributed by atoms with E-state index in [1.165, 1.54) is 18.8 Å². The van der Waals surface area contributed by atoms with E-state index in [-0.39, 0.29) is 23.8 Å². The van der Waals surface area contributed by atoms with E-state index in [1.807, 2.05) is 18.2 Å². The van der Waals surface area contributed by atoms with Gasteiger partial charge in [0.1, 0.15) is 24.9 Å². The summed E-state index contributed by atoms with van der Waals surface area (Å²) in [5, 5.41) is 0. The van der Waals surface area contributed by atoms with E-state index in [0.29, 0.717) is 66.9 Å². The lowest BCUT2D eigenvalue weighted by atomic mass is 9.95. The van der Waals surface area contributed by atoms with Gasteiger partial charge in [-0.2, -0.15) is 0 Å². The summed E-state index contributed by atoms with van der Waals surface area (Å²) in [7, 11) is 0. The summed E-state index contributed by atoms with van der Waals surface area (Å²) in [6.45, 7) is 4.21. The second-order valence-corrected chi connectivity index (χ2v) is 9.29. The molecule has 0 radical (unpaired) electrons. The molecule has 4 heterocycles.